The van der Waals surface area contributed by atoms with Crippen LogP contribution in [0.1, 0.15) is 30.9 Å². The Bertz CT molecular complexity index is 1390. The molecule has 0 aliphatic carbocycles. The molecule has 1 amide bonds. The van der Waals surface area contributed by atoms with E-state index in [1.54, 1.807) is 30.0 Å². The lowest BCUT2D eigenvalue weighted by atomic mass is 9.88. The number of amides is 1. The van der Waals surface area contributed by atoms with Crippen molar-refractivity contribution in [3.05, 3.63) is 82.6 Å². The highest BCUT2D eigenvalue weighted by Gasteiger charge is 2.32. The molecule has 0 unspecified atom stereocenters. The van der Waals surface area contributed by atoms with E-state index >= 15 is 0 Å². The molecule has 0 saturated carbocycles. The minimum atomic E-state index is -0.469. The predicted octanol–water partition coefficient (Wildman–Crippen LogP) is 5.89. The molecule has 1 atom stereocenters. The number of hydrogen-bond acceptors (Lipinski definition) is 6. The number of piperidine rings is 1. The number of thioether (sulfide) groups is 1. The van der Waals surface area contributed by atoms with Crippen molar-refractivity contribution in [1.29, 1.82) is 0 Å². The summed E-state index contributed by atoms with van der Waals surface area (Å²) in [5.41, 5.74) is 10.9. The second kappa shape index (κ2) is 14.9. The first kappa shape index (κ1) is 31.8. The van der Waals surface area contributed by atoms with Crippen molar-refractivity contribution < 1.29 is 14.3 Å². The third-order valence-corrected chi connectivity index (χ3v) is 9.97. The molecule has 0 radical (unpaired) electrons. The molecule has 0 spiro atoms. The van der Waals surface area contributed by atoms with Gasteiger partial charge in [0.05, 0.1) is 6.04 Å². The van der Waals surface area contributed by atoms with Crippen LogP contribution in [0.3, 0.4) is 0 Å². The summed E-state index contributed by atoms with van der Waals surface area (Å²) < 4.78 is 13.7. The van der Waals surface area contributed by atoms with Gasteiger partial charge in [0.1, 0.15) is 11.6 Å². The number of phenols is 1. The average Bonchev–Trinajstić information content (AvgIpc) is 3.01. The number of hydrogen-bond donors (Lipinski definition) is 2. The van der Waals surface area contributed by atoms with Gasteiger partial charge >= 0.3 is 0 Å². The van der Waals surface area contributed by atoms with Crippen LogP contribution in [0.25, 0.3) is 11.1 Å². The van der Waals surface area contributed by atoms with E-state index in [9.17, 15) is 14.3 Å². The largest absolute Gasteiger partial charge is 0.508 e. The summed E-state index contributed by atoms with van der Waals surface area (Å²) in [6, 6.07) is 17.8. The van der Waals surface area contributed by atoms with Crippen molar-refractivity contribution in [2.24, 2.45) is 11.7 Å². The summed E-state index contributed by atoms with van der Waals surface area (Å²) in [6.07, 6.45) is 2.66. The third kappa shape index (κ3) is 8.31. The van der Waals surface area contributed by atoms with Crippen LogP contribution in [0.5, 0.6) is 5.75 Å². The lowest BCUT2D eigenvalue weighted by molar-refractivity contribution is -0.136. The maximum atomic E-state index is 13.7. The molecule has 2 saturated heterocycles. The van der Waals surface area contributed by atoms with Gasteiger partial charge in [0.25, 0.3) is 0 Å². The molecule has 3 aromatic carbocycles. The Morgan fingerprint density at radius 2 is 1.77 bits per heavy atom. The summed E-state index contributed by atoms with van der Waals surface area (Å²) >= 11 is 8.01. The van der Waals surface area contributed by atoms with Gasteiger partial charge in [0.2, 0.25) is 5.91 Å². The summed E-state index contributed by atoms with van der Waals surface area (Å²) in [7, 11) is 0. The Balaban J connectivity index is 1.08. The van der Waals surface area contributed by atoms with E-state index < -0.39 is 6.04 Å². The zero-order valence-electron chi connectivity index (χ0n) is 24.9. The number of likely N-dealkylation sites (tertiary alicyclic amines) is 1. The maximum absolute atomic E-state index is 13.7. The second-order valence-corrected chi connectivity index (χ2v) is 13.3. The molecule has 0 aromatic heterocycles. The molecule has 230 valence electrons. The number of piperazine rings is 1. The summed E-state index contributed by atoms with van der Waals surface area (Å²) in [5, 5.41) is 10.7. The van der Waals surface area contributed by atoms with Crippen LogP contribution in [0.2, 0.25) is 5.02 Å². The highest BCUT2D eigenvalue weighted by Crippen LogP contribution is 2.30. The molecule has 3 N–H and O–H groups in total. The number of carbonyl (C=O) groups excluding carboxylic acids is 1. The van der Waals surface area contributed by atoms with Crippen molar-refractivity contribution in [1.82, 2.24) is 14.7 Å². The average molecular weight is 625 g/mol. The van der Waals surface area contributed by atoms with Crippen molar-refractivity contribution >= 4 is 29.3 Å². The van der Waals surface area contributed by atoms with E-state index in [2.05, 4.69) is 16.7 Å². The van der Waals surface area contributed by atoms with Crippen LogP contribution in [-0.2, 0) is 17.8 Å². The van der Waals surface area contributed by atoms with E-state index in [4.69, 9.17) is 17.3 Å². The number of halogens is 2. The molecule has 5 rings (SSSR count). The van der Waals surface area contributed by atoms with Crippen molar-refractivity contribution in [3.63, 3.8) is 0 Å². The number of phenolic OH excluding ortho intramolecular Hbond substituents is 1. The number of nitrogens with zero attached hydrogens (tertiary/aromatic N) is 3. The molecule has 0 bridgehead atoms. The quantitative estimate of drug-likeness (QED) is 0.274. The first-order valence-electron chi connectivity index (χ1n) is 15.3. The Kier molecular flexibility index (Phi) is 11.0. The lowest BCUT2D eigenvalue weighted by Crippen LogP contribution is -2.55. The van der Waals surface area contributed by atoms with Crippen molar-refractivity contribution in [2.45, 2.75) is 43.7 Å². The topological polar surface area (TPSA) is 73.0 Å². The van der Waals surface area contributed by atoms with E-state index in [0.717, 1.165) is 91.4 Å². The van der Waals surface area contributed by atoms with Gasteiger partial charge in [-0.05, 0) is 103 Å². The Labute approximate surface area is 264 Å². The minimum Gasteiger partial charge on any atom is -0.508 e. The summed E-state index contributed by atoms with van der Waals surface area (Å²) in [6.45, 7) is 8.49. The van der Waals surface area contributed by atoms with Gasteiger partial charge in [-0.25, -0.2) is 4.39 Å². The number of nitrogens with two attached hydrogens (primary N) is 1. The number of aromatic hydroxyl groups is 1. The smallest absolute Gasteiger partial charge is 0.239 e. The van der Waals surface area contributed by atoms with Crippen LogP contribution in [-0.4, -0.2) is 83.3 Å². The van der Waals surface area contributed by atoms with Gasteiger partial charge in [0.15, 0.2) is 0 Å². The zero-order chi connectivity index (χ0) is 30.3. The molecular weight excluding hydrogens is 583 g/mol. The standard InChI is InChI=1S/C34H42ClFN4O2S/c1-2-43-32-22-29(36)8-6-27(32)23-39-16-18-40(19-17-39)34(42)33(37)24-10-13-38(14-11-24)15-12-26-20-28(35)7-9-31(26)25-4-3-5-30(41)21-25/h3-9,20-22,24,33,41H,2,10-19,23,37H2,1H3/t33-/m1/s1. The van der Waals surface area contributed by atoms with E-state index in [-0.39, 0.29) is 23.4 Å². The summed E-state index contributed by atoms with van der Waals surface area (Å²) in [4.78, 5) is 21.1. The SMILES string of the molecule is CCSc1cc(F)ccc1CN1CCN(C(=O)[C@H](N)C2CCN(CCc3cc(Cl)ccc3-c3cccc(O)c3)CC2)CC1. The van der Waals surface area contributed by atoms with Crippen molar-refractivity contribution in [2.75, 3.05) is 51.6 Å². The van der Waals surface area contributed by atoms with Gasteiger partial charge in [-0.2, -0.15) is 0 Å². The first-order chi connectivity index (χ1) is 20.8. The number of benzene rings is 3. The third-order valence-electron chi connectivity index (χ3n) is 8.75. The molecule has 2 aliphatic rings. The van der Waals surface area contributed by atoms with Gasteiger partial charge in [-0.3, -0.25) is 9.69 Å². The fourth-order valence-corrected chi connectivity index (χ4v) is 7.29. The Morgan fingerprint density at radius 1 is 1.00 bits per heavy atom. The predicted molar refractivity (Wildman–Crippen MR) is 174 cm³/mol. The molecule has 3 aromatic rings. The zero-order valence-corrected chi connectivity index (χ0v) is 26.4. The highest BCUT2D eigenvalue weighted by molar-refractivity contribution is 7.99. The first-order valence-corrected chi connectivity index (χ1v) is 16.6. The van der Waals surface area contributed by atoms with Crippen molar-refractivity contribution in [3.8, 4) is 16.9 Å². The van der Waals surface area contributed by atoms with Gasteiger partial charge in [-0.15, -0.1) is 11.8 Å². The molecule has 2 heterocycles. The second-order valence-electron chi connectivity index (χ2n) is 11.6. The van der Waals surface area contributed by atoms with Crippen LogP contribution < -0.4 is 5.73 Å². The number of rotatable bonds is 10. The highest BCUT2D eigenvalue weighted by atomic mass is 35.5. The van der Waals surface area contributed by atoms with Gasteiger partial charge in [0, 0.05) is 49.2 Å². The molecule has 6 nitrogen and oxygen atoms in total. The molecule has 43 heavy (non-hydrogen) atoms. The van der Waals surface area contributed by atoms with Crippen LogP contribution >= 0.6 is 23.4 Å². The Morgan fingerprint density at radius 3 is 2.49 bits per heavy atom. The van der Waals surface area contributed by atoms with Crippen LogP contribution in [0, 0.1) is 11.7 Å². The van der Waals surface area contributed by atoms with Crippen LogP contribution in [0.4, 0.5) is 4.39 Å². The monoisotopic (exact) mass is 624 g/mol. The minimum absolute atomic E-state index is 0.0665. The number of carbonyl (C=O) groups is 1. The van der Waals surface area contributed by atoms with Gasteiger partial charge < -0.3 is 20.6 Å². The van der Waals surface area contributed by atoms with E-state index in [0.29, 0.717) is 18.1 Å². The van der Waals surface area contributed by atoms with Gasteiger partial charge in [-0.1, -0.05) is 42.8 Å². The fourth-order valence-electron chi connectivity index (χ4n) is 6.27. The van der Waals surface area contributed by atoms with E-state index in [1.807, 2.05) is 41.3 Å². The maximum Gasteiger partial charge on any atom is 0.239 e. The summed E-state index contributed by atoms with van der Waals surface area (Å²) in [5.74, 6) is 1.20. The van der Waals surface area contributed by atoms with E-state index in [1.165, 1.54) is 6.07 Å². The lowest BCUT2D eigenvalue weighted by Gasteiger charge is -2.39. The Hall–Kier alpha value is -2.62. The van der Waals surface area contributed by atoms with Crippen LogP contribution in [0.15, 0.2) is 65.6 Å². The molecular formula is C34H42ClFN4O2S. The molecule has 9 heteroatoms. The molecule has 2 aliphatic heterocycles. The fraction of sp³-hybridized carbons (Fsp3) is 0.441. The molecule has 2 fully saturated rings. The normalized spacial score (nSPS) is 17.7.